The zero-order chi connectivity index (χ0) is 8.10. The fourth-order valence-electron chi connectivity index (χ4n) is 1.28. The van der Waals surface area contributed by atoms with Crippen molar-refractivity contribution in [1.29, 1.82) is 0 Å². The number of likely N-dealkylation sites (tertiary alicyclic amines) is 1. The molecule has 0 bridgehead atoms. The first-order valence-corrected chi connectivity index (χ1v) is 3.96. The maximum atomic E-state index is 11.4. The molecule has 1 amide bonds. The van der Waals surface area contributed by atoms with Crippen molar-refractivity contribution in [3.05, 3.63) is 0 Å². The lowest BCUT2D eigenvalue weighted by atomic mass is 10.4. The molecule has 1 rings (SSSR count). The van der Waals surface area contributed by atoms with Crippen LogP contribution in [0.25, 0.3) is 0 Å². The van der Waals surface area contributed by atoms with Crippen molar-refractivity contribution in [2.75, 3.05) is 19.6 Å². The van der Waals surface area contributed by atoms with Gasteiger partial charge in [-0.2, -0.15) is 5.54 Å². The third-order valence-corrected chi connectivity index (χ3v) is 1.87. The molecule has 1 aliphatic rings. The van der Waals surface area contributed by atoms with Crippen molar-refractivity contribution in [3.8, 4) is 0 Å². The first-order chi connectivity index (χ1) is 5.34. The van der Waals surface area contributed by atoms with Crippen LogP contribution in [0.4, 0.5) is 4.48 Å². The Kier molecular flexibility index (Phi) is 3.29. The van der Waals surface area contributed by atoms with Gasteiger partial charge in [0.1, 0.15) is 0 Å². The number of halogens is 1. The quantitative estimate of drug-likeness (QED) is 0.479. The fourth-order valence-corrected chi connectivity index (χ4v) is 1.28. The molecule has 0 spiro atoms. The summed E-state index contributed by atoms with van der Waals surface area (Å²) in [5.41, 5.74) is 1.57. The van der Waals surface area contributed by atoms with Crippen molar-refractivity contribution in [1.82, 2.24) is 10.4 Å². The lowest BCUT2D eigenvalue weighted by Gasteiger charge is -2.13. The summed E-state index contributed by atoms with van der Waals surface area (Å²) in [5, 5.41) is 0. The van der Waals surface area contributed by atoms with Gasteiger partial charge in [0.2, 0.25) is 5.91 Å². The molecule has 0 unspecified atom stereocenters. The van der Waals surface area contributed by atoms with Crippen LogP contribution in [0.2, 0.25) is 0 Å². The van der Waals surface area contributed by atoms with Crippen molar-refractivity contribution < 1.29 is 9.28 Å². The summed E-state index contributed by atoms with van der Waals surface area (Å²) in [6.07, 6.45) is 2.33. The van der Waals surface area contributed by atoms with Gasteiger partial charge < -0.3 is 4.90 Å². The van der Waals surface area contributed by atoms with Crippen LogP contribution in [-0.4, -0.2) is 30.4 Å². The molecule has 0 atom stereocenters. The number of hydrogen-bond donors (Lipinski definition) is 1. The highest BCUT2D eigenvalue weighted by atomic mass is 19.2. The molecule has 0 aromatic carbocycles. The first kappa shape index (κ1) is 8.46. The smallest absolute Gasteiger partial charge is 0.222 e. The van der Waals surface area contributed by atoms with Gasteiger partial charge in [0.05, 0.1) is 0 Å². The zero-order valence-corrected chi connectivity index (χ0v) is 6.48. The molecule has 0 aromatic rings. The van der Waals surface area contributed by atoms with Crippen LogP contribution in [0.3, 0.4) is 0 Å². The normalized spacial score (nSPS) is 17.9. The van der Waals surface area contributed by atoms with E-state index in [9.17, 15) is 9.28 Å². The van der Waals surface area contributed by atoms with Crippen molar-refractivity contribution in [2.45, 2.75) is 19.3 Å². The van der Waals surface area contributed by atoms with Crippen molar-refractivity contribution >= 4 is 5.91 Å². The lowest BCUT2D eigenvalue weighted by molar-refractivity contribution is -0.127. The van der Waals surface area contributed by atoms with E-state index < -0.39 is 0 Å². The molecule has 4 heteroatoms. The first-order valence-electron chi connectivity index (χ1n) is 3.96. The summed E-state index contributed by atoms with van der Waals surface area (Å²) in [4.78, 5) is 12.8. The fraction of sp³-hybridized carbons (Fsp3) is 0.857. The van der Waals surface area contributed by atoms with Crippen LogP contribution in [-0.2, 0) is 4.79 Å². The molecular weight excluding hydrogens is 147 g/mol. The number of carbonyl (C=O) groups is 1. The van der Waals surface area contributed by atoms with E-state index in [0.29, 0.717) is 25.9 Å². The van der Waals surface area contributed by atoms with Gasteiger partial charge in [0.25, 0.3) is 0 Å². The maximum absolute atomic E-state index is 11.4. The van der Waals surface area contributed by atoms with Gasteiger partial charge in [-0.25, -0.2) is 0 Å². The second kappa shape index (κ2) is 4.28. The Hall–Kier alpha value is -0.640. The highest BCUT2D eigenvalue weighted by Gasteiger charge is 2.18. The Morgan fingerprint density at radius 1 is 1.64 bits per heavy atom. The maximum Gasteiger partial charge on any atom is 0.222 e. The molecule has 1 aliphatic heterocycles. The minimum atomic E-state index is 0.212. The Balaban J connectivity index is 2.10. The van der Waals surface area contributed by atoms with Gasteiger partial charge in [0, 0.05) is 26.1 Å². The van der Waals surface area contributed by atoms with E-state index in [1.165, 1.54) is 0 Å². The average Bonchev–Trinajstić information content (AvgIpc) is 2.37. The Morgan fingerprint density at radius 2 is 2.45 bits per heavy atom. The summed E-state index contributed by atoms with van der Waals surface area (Å²) in [5.74, 6) is 0.212. The van der Waals surface area contributed by atoms with Crippen LogP contribution in [0.15, 0.2) is 0 Å². The minimum absolute atomic E-state index is 0.212. The molecule has 64 valence electrons. The third kappa shape index (κ3) is 2.46. The summed E-state index contributed by atoms with van der Waals surface area (Å²) in [6, 6.07) is 0. The van der Waals surface area contributed by atoms with E-state index in [1.807, 2.05) is 0 Å². The van der Waals surface area contributed by atoms with E-state index in [-0.39, 0.29) is 5.91 Å². The summed E-state index contributed by atoms with van der Waals surface area (Å²) >= 11 is 0. The topological polar surface area (TPSA) is 32.3 Å². The van der Waals surface area contributed by atoms with Gasteiger partial charge in [-0.1, -0.05) is 0 Å². The largest absolute Gasteiger partial charge is 0.343 e. The summed E-state index contributed by atoms with van der Waals surface area (Å²) in [6.45, 7) is 1.88. The van der Waals surface area contributed by atoms with Gasteiger partial charge >= 0.3 is 0 Å². The minimum Gasteiger partial charge on any atom is -0.343 e. The summed E-state index contributed by atoms with van der Waals surface area (Å²) in [7, 11) is 0. The number of nitrogens with zero attached hydrogens (tertiary/aromatic N) is 1. The molecule has 3 nitrogen and oxygen atoms in total. The average molecular weight is 160 g/mol. The lowest BCUT2D eigenvalue weighted by Crippen LogP contribution is -2.27. The Morgan fingerprint density at radius 3 is 3.00 bits per heavy atom. The van der Waals surface area contributed by atoms with E-state index in [0.717, 1.165) is 13.0 Å². The van der Waals surface area contributed by atoms with Gasteiger partial charge in [-0.05, 0) is 12.8 Å². The van der Waals surface area contributed by atoms with Crippen LogP contribution in [0, 0.1) is 0 Å². The standard InChI is InChI=1S/C7H13FN2O/c8-9-4-2-6-10-5-1-3-7(10)11/h9H,1-6H2. The number of nitrogens with one attached hydrogen (secondary N) is 1. The van der Waals surface area contributed by atoms with Gasteiger partial charge in [-0.15, -0.1) is 4.48 Å². The predicted octanol–water partition coefficient (Wildman–Crippen LogP) is 0.473. The van der Waals surface area contributed by atoms with Gasteiger partial charge in [0.15, 0.2) is 0 Å². The number of hydrogen-bond acceptors (Lipinski definition) is 2. The van der Waals surface area contributed by atoms with Gasteiger partial charge in [-0.3, -0.25) is 4.79 Å². The van der Waals surface area contributed by atoms with E-state index in [4.69, 9.17) is 0 Å². The van der Waals surface area contributed by atoms with E-state index >= 15 is 0 Å². The molecule has 1 fully saturated rings. The highest BCUT2D eigenvalue weighted by molar-refractivity contribution is 5.77. The molecule has 0 radical (unpaired) electrons. The second-order valence-electron chi connectivity index (χ2n) is 2.72. The van der Waals surface area contributed by atoms with Crippen LogP contribution < -0.4 is 5.54 Å². The second-order valence-corrected chi connectivity index (χ2v) is 2.72. The molecule has 0 aromatic heterocycles. The van der Waals surface area contributed by atoms with E-state index in [2.05, 4.69) is 0 Å². The SMILES string of the molecule is O=C1CCCN1CCCNF. The third-order valence-electron chi connectivity index (χ3n) is 1.87. The predicted molar refractivity (Wildman–Crippen MR) is 39.5 cm³/mol. The highest BCUT2D eigenvalue weighted by Crippen LogP contribution is 2.08. The van der Waals surface area contributed by atoms with Crippen molar-refractivity contribution in [2.24, 2.45) is 0 Å². The van der Waals surface area contributed by atoms with Crippen molar-refractivity contribution in [3.63, 3.8) is 0 Å². The Bertz CT molecular complexity index is 140. The molecular formula is C7H13FN2O. The number of carbonyl (C=O) groups excluding carboxylic acids is 1. The number of rotatable bonds is 4. The monoisotopic (exact) mass is 160 g/mol. The zero-order valence-electron chi connectivity index (χ0n) is 6.48. The summed E-state index contributed by atoms with van der Waals surface area (Å²) < 4.78 is 11.4. The number of amides is 1. The molecule has 1 N–H and O–H groups in total. The van der Waals surface area contributed by atoms with Crippen LogP contribution >= 0.6 is 0 Å². The molecule has 1 saturated heterocycles. The van der Waals surface area contributed by atoms with Crippen LogP contribution in [0.1, 0.15) is 19.3 Å². The molecule has 0 saturated carbocycles. The van der Waals surface area contributed by atoms with Crippen LogP contribution in [0.5, 0.6) is 0 Å². The van der Waals surface area contributed by atoms with E-state index in [1.54, 1.807) is 10.4 Å². The molecule has 1 heterocycles. The molecule has 0 aliphatic carbocycles. The molecule has 11 heavy (non-hydrogen) atoms. The Labute approximate surface area is 65.5 Å².